The van der Waals surface area contributed by atoms with Gasteiger partial charge in [0.05, 0.1) is 0 Å². The molecule has 3 N–H and O–H groups in total. The fourth-order valence-corrected chi connectivity index (χ4v) is 2.34. The van der Waals surface area contributed by atoms with Crippen molar-refractivity contribution in [3.05, 3.63) is 63.2 Å². The van der Waals surface area contributed by atoms with Crippen LogP contribution in [0.15, 0.2) is 48.5 Å². The summed E-state index contributed by atoms with van der Waals surface area (Å²) >= 11 is 2.13. The van der Waals surface area contributed by atoms with Gasteiger partial charge in [0, 0.05) is 20.4 Å². The van der Waals surface area contributed by atoms with Crippen LogP contribution in [-0.2, 0) is 4.79 Å². The van der Waals surface area contributed by atoms with Crippen molar-refractivity contribution in [2.75, 3.05) is 11.9 Å². The van der Waals surface area contributed by atoms with Crippen molar-refractivity contribution in [1.29, 1.82) is 0 Å². The minimum Gasteiger partial charge on any atom is -0.480 e. The van der Waals surface area contributed by atoms with E-state index in [4.69, 9.17) is 5.11 Å². The second kappa shape index (κ2) is 7.73. The summed E-state index contributed by atoms with van der Waals surface area (Å²) in [5.74, 6) is -1.84. The van der Waals surface area contributed by atoms with Crippen LogP contribution in [0, 0.1) is 3.57 Å². The number of aliphatic carboxylic acids is 1. The highest BCUT2D eigenvalue weighted by atomic mass is 127. The van der Waals surface area contributed by atoms with Crippen LogP contribution in [-0.4, -0.2) is 29.4 Å². The fourth-order valence-electron chi connectivity index (χ4n) is 1.80. The lowest BCUT2D eigenvalue weighted by molar-refractivity contribution is -0.135. The number of benzene rings is 2. The number of carboxylic acids is 1. The molecule has 0 aliphatic heterocycles. The maximum Gasteiger partial charge on any atom is 0.322 e. The van der Waals surface area contributed by atoms with Crippen LogP contribution in [0.1, 0.15) is 20.7 Å². The molecule has 0 radical (unpaired) electrons. The van der Waals surface area contributed by atoms with Gasteiger partial charge >= 0.3 is 5.97 Å². The Bertz CT molecular complexity index is 744. The van der Waals surface area contributed by atoms with Crippen LogP contribution in [0.3, 0.4) is 0 Å². The molecule has 23 heavy (non-hydrogen) atoms. The van der Waals surface area contributed by atoms with Crippen LogP contribution >= 0.6 is 22.6 Å². The van der Waals surface area contributed by atoms with Crippen molar-refractivity contribution < 1.29 is 19.5 Å². The molecular weight excluding hydrogens is 411 g/mol. The lowest BCUT2D eigenvalue weighted by Gasteiger charge is -2.07. The number of carbonyl (C=O) groups excluding carboxylic acids is 2. The number of hydrogen-bond acceptors (Lipinski definition) is 3. The lowest BCUT2D eigenvalue weighted by Crippen LogP contribution is -2.29. The molecule has 0 unspecified atom stereocenters. The number of carbonyl (C=O) groups is 3. The molecule has 0 atom stereocenters. The molecule has 2 aromatic rings. The highest BCUT2D eigenvalue weighted by molar-refractivity contribution is 14.1. The molecule has 0 fully saturated rings. The molecule has 2 aromatic carbocycles. The Kier molecular flexibility index (Phi) is 5.69. The predicted molar refractivity (Wildman–Crippen MR) is 93.5 cm³/mol. The number of carboxylic acid groups (broad SMARTS) is 1. The summed E-state index contributed by atoms with van der Waals surface area (Å²) in [6.07, 6.45) is 0. The van der Waals surface area contributed by atoms with Gasteiger partial charge in [-0.25, -0.2) is 0 Å². The molecule has 2 rings (SSSR count). The minimum absolute atomic E-state index is 0.244. The Morgan fingerprint density at radius 3 is 2.26 bits per heavy atom. The Morgan fingerprint density at radius 2 is 1.65 bits per heavy atom. The van der Waals surface area contributed by atoms with Gasteiger partial charge in [-0.2, -0.15) is 0 Å². The molecule has 0 spiro atoms. The normalized spacial score (nSPS) is 9.96. The monoisotopic (exact) mass is 424 g/mol. The third-order valence-electron chi connectivity index (χ3n) is 2.89. The molecule has 0 aromatic heterocycles. The van der Waals surface area contributed by atoms with E-state index in [1.165, 1.54) is 12.1 Å². The number of rotatable bonds is 5. The summed E-state index contributed by atoms with van der Waals surface area (Å²) in [5, 5.41) is 13.5. The fraction of sp³-hybridized carbons (Fsp3) is 0.0625. The third-order valence-corrected chi connectivity index (χ3v) is 3.56. The molecule has 0 bridgehead atoms. The first-order valence-corrected chi connectivity index (χ1v) is 7.70. The van der Waals surface area contributed by atoms with Crippen LogP contribution < -0.4 is 10.6 Å². The molecule has 7 heteroatoms. The van der Waals surface area contributed by atoms with Gasteiger partial charge in [0.1, 0.15) is 6.54 Å². The van der Waals surface area contributed by atoms with Crippen molar-refractivity contribution in [2.24, 2.45) is 0 Å². The topological polar surface area (TPSA) is 95.5 Å². The third kappa shape index (κ3) is 5.06. The molecule has 6 nitrogen and oxygen atoms in total. The number of anilines is 1. The first-order chi connectivity index (χ1) is 11.0. The number of nitrogens with one attached hydrogen (secondary N) is 2. The van der Waals surface area contributed by atoms with Crippen LogP contribution in [0.2, 0.25) is 0 Å². The minimum atomic E-state index is -1.11. The van der Waals surface area contributed by atoms with Gasteiger partial charge in [-0.15, -0.1) is 0 Å². The van der Waals surface area contributed by atoms with E-state index >= 15 is 0 Å². The van der Waals surface area contributed by atoms with Crippen LogP contribution in [0.5, 0.6) is 0 Å². The Hall–Kier alpha value is -2.42. The molecule has 0 heterocycles. The zero-order valence-electron chi connectivity index (χ0n) is 11.9. The average molecular weight is 424 g/mol. The first-order valence-electron chi connectivity index (χ1n) is 6.62. The average Bonchev–Trinajstić information content (AvgIpc) is 2.53. The quantitative estimate of drug-likeness (QED) is 0.643. The van der Waals surface area contributed by atoms with E-state index in [-0.39, 0.29) is 5.91 Å². The second-order valence-corrected chi connectivity index (χ2v) is 5.86. The second-order valence-electron chi connectivity index (χ2n) is 4.62. The van der Waals surface area contributed by atoms with E-state index in [1.54, 1.807) is 30.3 Å². The van der Waals surface area contributed by atoms with E-state index in [9.17, 15) is 14.4 Å². The van der Waals surface area contributed by atoms with Gasteiger partial charge in [-0.1, -0.05) is 6.07 Å². The van der Waals surface area contributed by atoms with Gasteiger partial charge < -0.3 is 15.7 Å². The van der Waals surface area contributed by atoms with Gasteiger partial charge in [-0.05, 0) is 65.1 Å². The highest BCUT2D eigenvalue weighted by Gasteiger charge is 2.09. The summed E-state index contributed by atoms with van der Waals surface area (Å²) in [5.41, 5.74) is 1.40. The Morgan fingerprint density at radius 1 is 0.957 bits per heavy atom. The molecule has 0 saturated carbocycles. The highest BCUT2D eigenvalue weighted by Crippen LogP contribution is 2.13. The number of halogens is 1. The smallest absolute Gasteiger partial charge is 0.322 e. The van der Waals surface area contributed by atoms with Gasteiger partial charge in [0.15, 0.2) is 0 Å². The molecular formula is C16H13IN2O4. The maximum absolute atomic E-state index is 12.1. The zero-order valence-corrected chi connectivity index (χ0v) is 14.0. The van der Waals surface area contributed by atoms with Gasteiger partial charge in [0.2, 0.25) is 0 Å². The largest absolute Gasteiger partial charge is 0.480 e. The van der Waals surface area contributed by atoms with Crippen molar-refractivity contribution in [3.8, 4) is 0 Å². The standard InChI is InChI=1S/C16H13IN2O4/c17-12-3-1-2-11(8-12)16(23)19-13-6-4-10(5-7-13)15(22)18-9-14(20)21/h1-8H,9H2,(H,18,22)(H,19,23)(H,20,21). The lowest BCUT2D eigenvalue weighted by atomic mass is 10.1. The van der Waals surface area contributed by atoms with E-state index in [1.807, 2.05) is 6.07 Å². The Labute approximate surface area is 146 Å². The summed E-state index contributed by atoms with van der Waals surface area (Å²) in [7, 11) is 0. The van der Waals surface area contributed by atoms with Crippen molar-refractivity contribution >= 4 is 46.1 Å². The van der Waals surface area contributed by atoms with E-state index < -0.39 is 18.4 Å². The summed E-state index contributed by atoms with van der Waals surface area (Å²) in [4.78, 5) is 34.2. The Balaban J connectivity index is 2.01. The molecule has 2 amide bonds. The molecule has 0 aliphatic carbocycles. The molecule has 0 aliphatic rings. The van der Waals surface area contributed by atoms with Crippen molar-refractivity contribution in [1.82, 2.24) is 5.32 Å². The van der Waals surface area contributed by atoms with E-state index in [2.05, 4.69) is 33.2 Å². The van der Waals surface area contributed by atoms with E-state index in [0.29, 0.717) is 16.8 Å². The van der Waals surface area contributed by atoms with Crippen LogP contribution in [0.25, 0.3) is 0 Å². The van der Waals surface area contributed by atoms with Gasteiger partial charge in [0.25, 0.3) is 11.8 Å². The SMILES string of the molecule is O=C(O)CNC(=O)c1ccc(NC(=O)c2cccc(I)c2)cc1. The summed E-state index contributed by atoms with van der Waals surface area (Å²) in [6, 6.07) is 13.4. The molecule has 0 saturated heterocycles. The number of amides is 2. The summed E-state index contributed by atoms with van der Waals surface area (Å²) < 4.78 is 0.959. The number of hydrogen-bond donors (Lipinski definition) is 3. The van der Waals surface area contributed by atoms with E-state index in [0.717, 1.165) is 3.57 Å². The van der Waals surface area contributed by atoms with Crippen molar-refractivity contribution in [2.45, 2.75) is 0 Å². The van der Waals surface area contributed by atoms with Crippen molar-refractivity contribution in [3.63, 3.8) is 0 Å². The predicted octanol–water partition coefficient (Wildman–Crippen LogP) is 2.36. The van der Waals surface area contributed by atoms with Crippen LogP contribution in [0.4, 0.5) is 5.69 Å². The van der Waals surface area contributed by atoms with Gasteiger partial charge in [-0.3, -0.25) is 14.4 Å². The first kappa shape index (κ1) is 16.9. The molecule has 118 valence electrons. The summed E-state index contributed by atoms with van der Waals surface area (Å²) in [6.45, 7) is -0.441. The maximum atomic E-state index is 12.1. The zero-order chi connectivity index (χ0) is 16.8.